The SMILES string of the molecule is CCOC(=O)c1c(S(=O)(=O)N2CCCC(C(=O)Nc3ccc(NC(C)=O)cc3)C2)c(C)n(C)c1C. The maximum atomic E-state index is 13.7. The lowest BCUT2D eigenvalue weighted by Crippen LogP contribution is -2.44. The standard InChI is InChI=1S/C24H32N4O6S/c1-6-34-24(31)21-15(2)27(5)16(3)22(21)35(32,33)28-13-7-8-18(14-28)23(30)26-20-11-9-19(10-12-20)25-17(4)29/h9-12,18H,6-8,13-14H2,1-5H3,(H,25,29)(H,26,30). The van der Waals surface area contributed by atoms with E-state index in [4.69, 9.17) is 4.74 Å². The molecule has 35 heavy (non-hydrogen) atoms. The Kier molecular flexibility index (Phi) is 8.01. The Morgan fingerprint density at radius 2 is 1.66 bits per heavy atom. The van der Waals surface area contributed by atoms with Crippen LogP contribution in [-0.4, -0.2) is 54.8 Å². The zero-order valence-electron chi connectivity index (χ0n) is 20.7. The van der Waals surface area contributed by atoms with Crippen LogP contribution in [0.5, 0.6) is 0 Å². The first kappa shape index (κ1) is 26.4. The van der Waals surface area contributed by atoms with Gasteiger partial charge in [0.1, 0.15) is 10.5 Å². The van der Waals surface area contributed by atoms with Crippen molar-refractivity contribution in [2.45, 2.75) is 45.4 Å². The Morgan fingerprint density at radius 3 is 2.23 bits per heavy atom. The second-order valence-electron chi connectivity index (χ2n) is 8.60. The summed E-state index contributed by atoms with van der Waals surface area (Å²) in [7, 11) is -2.35. The minimum absolute atomic E-state index is 0.00773. The lowest BCUT2D eigenvalue weighted by Gasteiger charge is -2.31. The summed E-state index contributed by atoms with van der Waals surface area (Å²) in [6, 6.07) is 6.68. The molecule has 1 fully saturated rings. The van der Waals surface area contributed by atoms with Crippen molar-refractivity contribution in [3.05, 3.63) is 41.2 Å². The van der Waals surface area contributed by atoms with Crippen LogP contribution in [0.2, 0.25) is 0 Å². The van der Waals surface area contributed by atoms with E-state index < -0.39 is 21.9 Å². The highest BCUT2D eigenvalue weighted by molar-refractivity contribution is 7.89. The van der Waals surface area contributed by atoms with Gasteiger partial charge in [-0.3, -0.25) is 9.59 Å². The van der Waals surface area contributed by atoms with Gasteiger partial charge < -0.3 is 19.9 Å². The summed E-state index contributed by atoms with van der Waals surface area (Å²) in [5.74, 6) is -1.71. The molecule has 1 aliphatic heterocycles. The molecular formula is C24H32N4O6S. The molecule has 2 amide bonds. The monoisotopic (exact) mass is 504 g/mol. The molecule has 1 unspecified atom stereocenters. The third kappa shape index (κ3) is 5.57. The Hall–Kier alpha value is -3.18. The summed E-state index contributed by atoms with van der Waals surface area (Å²) >= 11 is 0. The van der Waals surface area contributed by atoms with E-state index in [1.165, 1.54) is 11.2 Å². The van der Waals surface area contributed by atoms with E-state index in [1.807, 2.05) is 0 Å². The summed E-state index contributed by atoms with van der Waals surface area (Å²) in [6.45, 7) is 6.80. The minimum atomic E-state index is -4.05. The van der Waals surface area contributed by atoms with Crippen LogP contribution in [-0.2, 0) is 31.4 Å². The average molecular weight is 505 g/mol. The number of aromatic nitrogens is 1. The molecule has 1 aromatic heterocycles. The Morgan fingerprint density at radius 1 is 1.06 bits per heavy atom. The molecule has 1 atom stereocenters. The van der Waals surface area contributed by atoms with E-state index >= 15 is 0 Å². The number of hydrogen-bond acceptors (Lipinski definition) is 6. The van der Waals surface area contributed by atoms with Gasteiger partial charge in [-0.2, -0.15) is 4.31 Å². The maximum Gasteiger partial charge on any atom is 0.341 e. The van der Waals surface area contributed by atoms with E-state index in [0.29, 0.717) is 35.6 Å². The van der Waals surface area contributed by atoms with Gasteiger partial charge >= 0.3 is 5.97 Å². The summed E-state index contributed by atoms with van der Waals surface area (Å²) in [5, 5.41) is 5.48. The van der Waals surface area contributed by atoms with Gasteiger partial charge in [-0.15, -0.1) is 0 Å². The molecule has 1 saturated heterocycles. The molecule has 10 nitrogen and oxygen atoms in total. The normalized spacial score (nSPS) is 16.5. The predicted octanol–water partition coefficient (Wildman–Crippen LogP) is 2.82. The zero-order chi connectivity index (χ0) is 25.9. The summed E-state index contributed by atoms with van der Waals surface area (Å²) in [6.07, 6.45) is 1.05. The number of amides is 2. The van der Waals surface area contributed by atoms with Crippen LogP contribution >= 0.6 is 0 Å². The number of esters is 1. The van der Waals surface area contributed by atoms with Crippen LogP contribution in [0.25, 0.3) is 0 Å². The minimum Gasteiger partial charge on any atom is -0.462 e. The molecule has 2 heterocycles. The average Bonchev–Trinajstić information content (AvgIpc) is 3.04. The lowest BCUT2D eigenvalue weighted by molar-refractivity contribution is -0.121. The van der Waals surface area contributed by atoms with Gasteiger partial charge in [-0.25, -0.2) is 13.2 Å². The molecule has 0 saturated carbocycles. The Balaban J connectivity index is 1.81. The first-order valence-electron chi connectivity index (χ1n) is 11.5. The Bertz CT molecular complexity index is 1230. The second kappa shape index (κ2) is 10.6. The van der Waals surface area contributed by atoms with E-state index in [0.717, 1.165) is 0 Å². The molecule has 0 spiro atoms. The molecule has 11 heteroatoms. The van der Waals surface area contributed by atoms with Crippen molar-refractivity contribution in [2.75, 3.05) is 30.3 Å². The van der Waals surface area contributed by atoms with Gasteiger partial charge in [-0.05, 0) is 57.9 Å². The van der Waals surface area contributed by atoms with Gasteiger partial charge in [0.15, 0.2) is 0 Å². The third-order valence-corrected chi connectivity index (χ3v) is 8.26. The van der Waals surface area contributed by atoms with Gasteiger partial charge in [0.05, 0.1) is 12.5 Å². The van der Waals surface area contributed by atoms with Crippen LogP contribution in [0.1, 0.15) is 48.4 Å². The first-order chi connectivity index (χ1) is 16.5. The lowest BCUT2D eigenvalue weighted by atomic mass is 9.98. The summed E-state index contributed by atoms with van der Waals surface area (Å²) in [4.78, 5) is 36.7. The highest BCUT2D eigenvalue weighted by Crippen LogP contribution is 2.32. The van der Waals surface area contributed by atoms with E-state index in [-0.39, 0.29) is 42.0 Å². The van der Waals surface area contributed by atoms with Gasteiger partial charge in [0, 0.05) is 49.8 Å². The van der Waals surface area contributed by atoms with E-state index in [9.17, 15) is 22.8 Å². The first-order valence-corrected chi connectivity index (χ1v) is 12.9. The molecule has 2 aromatic rings. The number of ether oxygens (including phenoxy) is 1. The number of carbonyl (C=O) groups is 3. The number of benzene rings is 1. The number of sulfonamides is 1. The summed E-state index contributed by atoms with van der Waals surface area (Å²) in [5.41, 5.74) is 2.14. The van der Waals surface area contributed by atoms with Gasteiger partial charge in [-0.1, -0.05) is 0 Å². The van der Waals surface area contributed by atoms with Crippen LogP contribution in [0, 0.1) is 19.8 Å². The fourth-order valence-electron chi connectivity index (χ4n) is 4.26. The van der Waals surface area contributed by atoms with Crippen molar-refractivity contribution in [3.8, 4) is 0 Å². The Labute approximate surface area is 205 Å². The maximum absolute atomic E-state index is 13.7. The van der Waals surface area contributed by atoms with Crippen LogP contribution in [0.4, 0.5) is 11.4 Å². The van der Waals surface area contributed by atoms with Crippen molar-refractivity contribution in [3.63, 3.8) is 0 Å². The number of nitrogens with one attached hydrogen (secondary N) is 2. The number of hydrogen-bond donors (Lipinski definition) is 2. The van der Waals surface area contributed by atoms with Gasteiger partial charge in [0.2, 0.25) is 21.8 Å². The quantitative estimate of drug-likeness (QED) is 0.559. The third-order valence-electron chi connectivity index (χ3n) is 6.23. The second-order valence-corrected chi connectivity index (χ2v) is 10.5. The number of nitrogens with zero attached hydrogens (tertiary/aromatic N) is 2. The number of carbonyl (C=O) groups excluding carboxylic acids is 3. The fourth-order valence-corrected chi connectivity index (χ4v) is 6.27. The van der Waals surface area contributed by atoms with Crippen molar-refractivity contribution in [1.29, 1.82) is 0 Å². The van der Waals surface area contributed by atoms with Crippen molar-refractivity contribution in [2.24, 2.45) is 13.0 Å². The van der Waals surface area contributed by atoms with Gasteiger partial charge in [0.25, 0.3) is 0 Å². The molecular weight excluding hydrogens is 472 g/mol. The van der Waals surface area contributed by atoms with Crippen LogP contribution < -0.4 is 10.6 Å². The van der Waals surface area contributed by atoms with Crippen LogP contribution in [0.3, 0.4) is 0 Å². The number of piperidine rings is 1. The highest BCUT2D eigenvalue weighted by Gasteiger charge is 2.39. The molecule has 0 bridgehead atoms. The van der Waals surface area contributed by atoms with E-state index in [1.54, 1.807) is 56.7 Å². The molecule has 190 valence electrons. The zero-order valence-corrected chi connectivity index (χ0v) is 21.5. The van der Waals surface area contributed by atoms with Crippen molar-refractivity contribution >= 4 is 39.2 Å². The molecule has 1 aliphatic rings. The molecule has 1 aromatic carbocycles. The molecule has 0 radical (unpaired) electrons. The highest BCUT2D eigenvalue weighted by atomic mass is 32.2. The molecule has 0 aliphatic carbocycles. The predicted molar refractivity (Wildman–Crippen MR) is 132 cm³/mol. The van der Waals surface area contributed by atoms with E-state index in [2.05, 4.69) is 10.6 Å². The van der Waals surface area contributed by atoms with Crippen molar-refractivity contribution < 1.29 is 27.5 Å². The topological polar surface area (TPSA) is 127 Å². The molecule has 3 rings (SSSR count). The summed E-state index contributed by atoms with van der Waals surface area (Å²) < 4.78 is 35.5. The fraction of sp³-hybridized carbons (Fsp3) is 0.458. The largest absolute Gasteiger partial charge is 0.462 e. The van der Waals surface area contributed by atoms with Crippen molar-refractivity contribution in [1.82, 2.24) is 8.87 Å². The van der Waals surface area contributed by atoms with Crippen LogP contribution in [0.15, 0.2) is 29.2 Å². The smallest absolute Gasteiger partial charge is 0.341 e. The molecule has 2 N–H and O–H groups in total. The number of anilines is 2. The number of rotatable bonds is 7.